The molecule has 0 N–H and O–H groups in total. The molecule has 2 aromatic heterocycles. The number of hydrogen-bond donors (Lipinski definition) is 0. The minimum atomic E-state index is 0.0801. The van der Waals surface area contributed by atoms with Gasteiger partial charge in [0, 0.05) is 24.0 Å². The van der Waals surface area contributed by atoms with Crippen molar-refractivity contribution >= 4 is 17.2 Å². The molecule has 3 heterocycles. The van der Waals surface area contributed by atoms with Gasteiger partial charge in [-0.05, 0) is 17.9 Å². The van der Waals surface area contributed by atoms with Crippen LogP contribution in [-0.2, 0) is 0 Å². The van der Waals surface area contributed by atoms with Gasteiger partial charge in [0.15, 0.2) is 0 Å². The van der Waals surface area contributed by atoms with Gasteiger partial charge in [-0.3, -0.25) is 4.79 Å². The van der Waals surface area contributed by atoms with Crippen molar-refractivity contribution in [3.63, 3.8) is 0 Å². The van der Waals surface area contributed by atoms with Gasteiger partial charge in [0.25, 0.3) is 5.91 Å². The first-order valence-corrected chi connectivity index (χ1v) is 8.46. The summed E-state index contributed by atoms with van der Waals surface area (Å²) in [6.45, 7) is 1.35. The van der Waals surface area contributed by atoms with Crippen LogP contribution in [0.1, 0.15) is 28.6 Å². The summed E-state index contributed by atoms with van der Waals surface area (Å²) in [5.74, 6) is 1.41. The van der Waals surface area contributed by atoms with E-state index in [0.29, 0.717) is 18.3 Å². The third-order valence-electron chi connectivity index (χ3n) is 4.07. The Bertz CT molecular complexity index is 798. The lowest BCUT2D eigenvalue weighted by Crippen LogP contribution is -2.28. The van der Waals surface area contributed by atoms with Crippen molar-refractivity contribution in [1.29, 1.82) is 0 Å². The number of amides is 1. The Kier molecular flexibility index (Phi) is 3.67. The maximum atomic E-state index is 12.4. The first-order valence-electron chi connectivity index (χ1n) is 7.52. The highest BCUT2D eigenvalue weighted by molar-refractivity contribution is 7.08. The molecule has 23 heavy (non-hydrogen) atoms. The molecule has 1 aliphatic rings. The Labute approximate surface area is 137 Å². The van der Waals surface area contributed by atoms with Crippen molar-refractivity contribution in [3.8, 4) is 11.4 Å². The molecule has 116 valence electrons. The van der Waals surface area contributed by atoms with Crippen LogP contribution in [0, 0.1) is 0 Å². The van der Waals surface area contributed by atoms with Gasteiger partial charge < -0.3 is 9.42 Å². The zero-order valence-corrected chi connectivity index (χ0v) is 13.2. The summed E-state index contributed by atoms with van der Waals surface area (Å²) < 4.78 is 5.42. The van der Waals surface area contributed by atoms with E-state index in [9.17, 15) is 4.79 Å². The molecule has 1 saturated heterocycles. The molecule has 3 aromatic rings. The number of thiophene rings is 1. The highest BCUT2D eigenvalue weighted by Gasteiger charge is 2.31. The first-order chi connectivity index (χ1) is 11.3. The first kappa shape index (κ1) is 14.1. The number of benzene rings is 1. The molecule has 0 unspecified atom stereocenters. The maximum absolute atomic E-state index is 12.4. The van der Waals surface area contributed by atoms with Gasteiger partial charge in [-0.25, -0.2) is 0 Å². The number of nitrogens with zero attached hydrogens (tertiary/aromatic N) is 3. The van der Waals surface area contributed by atoms with Crippen molar-refractivity contribution in [3.05, 3.63) is 58.6 Å². The number of carbonyl (C=O) groups is 1. The van der Waals surface area contributed by atoms with Crippen molar-refractivity contribution in [2.24, 2.45) is 0 Å². The van der Waals surface area contributed by atoms with E-state index < -0.39 is 0 Å². The number of rotatable bonds is 3. The van der Waals surface area contributed by atoms with Crippen LogP contribution in [0.5, 0.6) is 0 Å². The topological polar surface area (TPSA) is 59.2 Å². The monoisotopic (exact) mass is 325 g/mol. The lowest BCUT2D eigenvalue weighted by Gasteiger charge is -2.14. The van der Waals surface area contributed by atoms with Crippen molar-refractivity contribution in [2.45, 2.75) is 12.3 Å². The van der Waals surface area contributed by atoms with Crippen LogP contribution in [0.15, 0.2) is 51.7 Å². The lowest BCUT2D eigenvalue weighted by molar-refractivity contribution is 0.0790. The van der Waals surface area contributed by atoms with E-state index in [1.807, 2.05) is 52.1 Å². The van der Waals surface area contributed by atoms with Crippen LogP contribution in [0.3, 0.4) is 0 Å². The third kappa shape index (κ3) is 2.77. The van der Waals surface area contributed by atoms with E-state index in [0.717, 1.165) is 24.1 Å². The number of carbonyl (C=O) groups excluding carboxylic acids is 1. The van der Waals surface area contributed by atoms with Gasteiger partial charge in [0.2, 0.25) is 11.7 Å². The molecule has 1 amide bonds. The fourth-order valence-corrected chi connectivity index (χ4v) is 3.45. The second-order valence-corrected chi connectivity index (χ2v) is 6.35. The van der Waals surface area contributed by atoms with Crippen LogP contribution in [-0.4, -0.2) is 34.0 Å². The quantitative estimate of drug-likeness (QED) is 0.740. The zero-order chi connectivity index (χ0) is 15.6. The summed E-state index contributed by atoms with van der Waals surface area (Å²) in [7, 11) is 0. The van der Waals surface area contributed by atoms with Crippen molar-refractivity contribution < 1.29 is 9.32 Å². The molecule has 1 aromatic carbocycles. The predicted octanol–water partition coefficient (Wildman–Crippen LogP) is 3.43. The fourth-order valence-electron chi connectivity index (χ4n) is 2.82. The molecule has 0 saturated carbocycles. The van der Waals surface area contributed by atoms with Gasteiger partial charge in [0.1, 0.15) is 0 Å². The minimum Gasteiger partial charge on any atom is -0.339 e. The summed E-state index contributed by atoms with van der Waals surface area (Å²) >= 11 is 1.54. The van der Waals surface area contributed by atoms with Gasteiger partial charge >= 0.3 is 0 Å². The highest BCUT2D eigenvalue weighted by atomic mass is 32.1. The Morgan fingerprint density at radius 3 is 2.91 bits per heavy atom. The van der Waals surface area contributed by atoms with E-state index in [4.69, 9.17) is 4.52 Å². The summed E-state index contributed by atoms with van der Waals surface area (Å²) in [5.41, 5.74) is 1.69. The SMILES string of the molecule is O=C(c1ccsc1)N1CC[C@H](c2nc(-c3ccccc3)no2)C1. The molecular formula is C17H15N3O2S. The van der Waals surface area contributed by atoms with Gasteiger partial charge in [-0.15, -0.1) is 0 Å². The second kappa shape index (κ2) is 5.96. The number of likely N-dealkylation sites (tertiary alicyclic amines) is 1. The number of aromatic nitrogens is 2. The van der Waals surface area contributed by atoms with E-state index in [1.165, 1.54) is 11.3 Å². The molecule has 4 rings (SSSR count). The number of hydrogen-bond acceptors (Lipinski definition) is 5. The Balaban J connectivity index is 1.48. The zero-order valence-electron chi connectivity index (χ0n) is 12.4. The predicted molar refractivity (Wildman–Crippen MR) is 87.3 cm³/mol. The summed E-state index contributed by atoms with van der Waals surface area (Å²) in [6, 6.07) is 11.6. The normalized spacial score (nSPS) is 17.6. The highest BCUT2D eigenvalue weighted by Crippen LogP contribution is 2.28. The van der Waals surface area contributed by atoms with Crippen LogP contribution < -0.4 is 0 Å². The molecule has 1 atom stereocenters. The molecule has 6 heteroatoms. The van der Waals surface area contributed by atoms with E-state index in [2.05, 4.69) is 10.1 Å². The second-order valence-electron chi connectivity index (χ2n) is 5.57. The van der Waals surface area contributed by atoms with E-state index >= 15 is 0 Å². The van der Waals surface area contributed by atoms with Crippen molar-refractivity contribution in [1.82, 2.24) is 15.0 Å². The molecule has 5 nitrogen and oxygen atoms in total. The molecule has 1 fully saturated rings. The molecule has 0 aliphatic carbocycles. The average molecular weight is 325 g/mol. The van der Waals surface area contributed by atoms with E-state index in [-0.39, 0.29) is 11.8 Å². The summed E-state index contributed by atoms with van der Waals surface area (Å²) in [6.07, 6.45) is 0.853. The molecule has 0 bridgehead atoms. The Hall–Kier alpha value is -2.47. The van der Waals surface area contributed by atoms with Gasteiger partial charge in [-0.2, -0.15) is 16.3 Å². The van der Waals surface area contributed by atoms with E-state index in [1.54, 1.807) is 0 Å². The Morgan fingerprint density at radius 1 is 1.26 bits per heavy atom. The van der Waals surface area contributed by atoms with Crippen LogP contribution >= 0.6 is 11.3 Å². The van der Waals surface area contributed by atoms with Crippen LogP contribution in [0.2, 0.25) is 0 Å². The van der Waals surface area contributed by atoms with Crippen LogP contribution in [0.25, 0.3) is 11.4 Å². The molecule has 0 spiro atoms. The summed E-state index contributed by atoms with van der Waals surface area (Å²) in [5, 5.41) is 7.87. The van der Waals surface area contributed by atoms with Crippen LogP contribution in [0.4, 0.5) is 0 Å². The third-order valence-corrected chi connectivity index (χ3v) is 4.75. The molecule has 1 aliphatic heterocycles. The fraction of sp³-hybridized carbons (Fsp3) is 0.235. The minimum absolute atomic E-state index is 0.0801. The lowest BCUT2D eigenvalue weighted by atomic mass is 10.1. The molecule has 0 radical (unpaired) electrons. The van der Waals surface area contributed by atoms with Crippen molar-refractivity contribution in [2.75, 3.05) is 13.1 Å². The molecular weight excluding hydrogens is 310 g/mol. The smallest absolute Gasteiger partial charge is 0.254 e. The standard InChI is InChI=1S/C17H15N3O2S/c21-17(14-7-9-23-11-14)20-8-6-13(10-20)16-18-15(19-22-16)12-4-2-1-3-5-12/h1-5,7,9,11,13H,6,8,10H2/t13-/m0/s1. The van der Waals surface area contributed by atoms with Gasteiger partial charge in [-0.1, -0.05) is 35.5 Å². The average Bonchev–Trinajstić information content (AvgIpc) is 3.35. The Morgan fingerprint density at radius 2 is 2.13 bits per heavy atom. The summed E-state index contributed by atoms with van der Waals surface area (Å²) in [4.78, 5) is 18.7. The maximum Gasteiger partial charge on any atom is 0.254 e. The largest absolute Gasteiger partial charge is 0.339 e. The van der Waals surface area contributed by atoms with Gasteiger partial charge in [0.05, 0.1) is 11.5 Å².